The predicted molar refractivity (Wildman–Crippen MR) is 99.7 cm³/mol. The molecule has 2 aromatic carbocycles. The molecule has 4 nitrogen and oxygen atoms in total. The SMILES string of the molecule is O=C(COC(=O)c1ccccc1I)NC1CCCc2ccccc21. The molecular weight excluding hydrogens is 417 g/mol. The van der Waals surface area contributed by atoms with Crippen LogP contribution in [0.5, 0.6) is 0 Å². The number of nitrogens with one attached hydrogen (secondary N) is 1. The van der Waals surface area contributed by atoms with Crippen molar-refractivity contribution in [2.24, 2.45) is 0 Å². The van der Waals surface area contributed by atoms with Crippen LogP contribution in [0.4, 0.5) is 0 Å². The molecule has 0 bridgehead atoms. The molecule has 0 saturated carbocycles. The summed E-state index contributed by atoms with van der Waals surface area (Å²) in [6, 6.07) is 15.3. The Morgan fingerprint density at radius 2 is 1.88 bits per heavy atom. The van der Waals surface area contributed by atoms with Gasteiger partial charge in [-0.15, -0.1) is 0 Å². The lowest BCUT2D eigenvalue weighted by atomic mass is 9.88. The molecule has 0 heterocycles. The highest BCUT2D eigenvalue weighted by Crippen LogP contribution is 2.29. The van der Waals surface area contributed by atoms with Gasteiger partial charge in [0, 0.05) is 3.57 Å². The molecule has 0 fully saturated rings. The molecule has 1 atom stereocenters. The summed E-state index contributed by atoms with van der Waals surface area (Å²) in [5, 5.41) is 2.98. The Morgan fingerprint density at radius 1 is 1.12 bits per heavy atom. The van der Waals surface area contributed by atoms with Gasteiger partial charge in [-0.1, -0.05) is 36.4 Å². The summed E-state index contributed by atoms with van der Waals surface area (Å²) in [6.45, 7) is -0.261. The van der Waals surface area contributed by atoms with E-state index in [2.05, 4.69) is 40.0 Å². The van der Waals surface area contributed by atoms with Crippen molar-refractivity contribution in [3.63, 3.8) is 0 Å². The molecular formula is C19H18INO3. The summed E-state index contributed by atoms with van der Waals surface area (Å²) in [7, 11) is 0. The quantitative estimate of drug-likeness (QED) is 0.590. The number of hydrogen-bond donors (Lipinski definition) is 1. The Labute approximate surface area is 154 Å². The Morgan fingerprint density at radius 3 is 2.71 bits per heavy atom. The van der Waals surface area contributed by atoms with Crippen molar-refractivity contribution in [2.45, 2.75) is 25.3 Å². The van der Waals surface area contributed by atoms with Crippen molar-refractivity contribution >= 4 is 34.5 Å². The Balaban J connectivity index is 1.57. The largest absolute Gasteiger partial charge is 0.452 e. The smallest absolute Gasteiger partial charge is 0.339 e. The van der Waals surface area contributed by atoms with E-state index in [1.165, 1.54) is 11.1 Å². The van der Waals surface area contributed by atoms with E-state index < -0.39 is 5.97 Å². The number of ether oxygens (including phenoxy) is 1. The van der Waals surface area contributed by atoms with Crippen LogP contribution >= 0.6 is 22.6 Å². The lowest BCUT2D eigenvalue weighted by molar-refractivity contribution is -0.125. The summed E-state index contributed by atoms with van der Waals surface area (Å²) < 4.78 is 5.95. The number of aryl methyl sites for hydroxylation is 1. The average Bonchev–Trinajstić information content (AvgIpc) is 2.60. The molecule has 1 amide bonds. The molecule has 24 heavy (non-hydrogen) atoms. The van der Waals surface area contributed by atoms with Crippen LogP contribution in [0.1, 0.15) is 40.4 Å². The number of hydrogen-bond acceptors (Lipinski definition) is 3. The molecule has 0 saturated heterocycles. The van der Waals surface area contributed by atoms with Crippen molar-refractivity contribution in [2.75, 3.05) is 6.61 Å². The second-order valence-corrected chi connectivity index (χ2v) is 6.93. The molecule has 1 aliphatic rings. The number of esters is 1. The molecule has 1 unspecified atom stereocenters. The molecule has 0 spiro atoms. The van der Waals surface area contributed by atoms with E-state index in [1.54, 1.807) is 12.1 Å². The van der Waals surface area contributed by atoms with Gasteiger partial charge in [0.2, 0.25) is 0 Å². The van der Waals surface area contributed by atoms with Crippen LogP contribution in [0.3, 0.4) is 0 Å². The van der Waals surface area contributed by atoms with Gasteiger partial charge in [0.25, 0.3) is 5.91 Å². The summed E-state index contributed by atoms with van der Waals surface area (Å²) in [5.41, 5.74) is 2.93. The standard InChI is InChI=1S/C19H18INO3/c20-16-10-4-3-9-15(16)19(23)24-12-18(22)21-17-11-5-7-13-6-1-2-8-14(13)17/h1-4,6,8-10,17H,5,7,11-12H2,(H,21,22). The van der Waals surface area contributed by atoms with Gasteiger partial charge in [0.15, 0.2) is 6.61 Å². The van der Waals surface area contributed by atoms with Crippen LogP contribution in [0.2, 0.25) is 0 Å². The van der Waals surface area contributed by atoms with Crippen molar-refractivity contribution < 1.29 is 14.3 Å². The van der Waals surface area contributed by atoms with Crippen LogP contribution in [0.15, 0.2) is 48.5 Å². The van der Waals surface area contributed by atoms with Gasteiger partial charge >= 0.3 is 5.97 Å². The van der Waals surface area contributed by atoms with Gasteiger partial charge in [-0.25, -0.2) is 4.79 Å². The van der Waals surface area contributed by atoms with Crippen molar-refractivity contribution in [3.8, 4) is 0 Å². The van der Waals surface area contributed by atoms with Crippen LogP contribution in [-0.4, -0.2) is 18.5 Å². The Hall–Kier alpha value is -1.89. The summed E-state index contributed by atoms with van der Waals surface area (Å²) >= 11 is 2.08. The number of amides is 1. The van der Waals surface area contributed by atoms with E-state index in [4.69, 9.17) is 4.74 Å². The minimum absolute atomic E-state index is 0.00184. The molecule has 1 N–H and O–H groups in total. The van der Waals surface area contributed by atoms with E-state index in [0.717, 1.165) is 22.8 Å². The van der Waals surface area contributed by atoms with Gasteiger partial charge in [-0.3, -0.25) is 4.79 Å². The third-order valence-electron chi connectivity index (χ3n) is 4.13. The molecule has 0 aromatic heterocycles. The van der Waals surface area contributed by atoms with Crippen molar-refractivity contribution in [3.05, 3.63) is 68.8 Å². The molecule has 5 heteroatoms. The minimum atomic E-state index is -0.473. The van der Waals surface area contributed by atoms with E-state index in [-0.39, 0.29) is 18.6 Å². The number of fused-ring (bicyclic) bond motifs is 1. The first-order valence-corrected chi connectivity index (χ1v) is 9.02. The zero-order valence-corrected chi connectivity index (χ0v) is 15.3. The third-order valence-corrected chi connectivity index (χ3v) is 5.07. The molecule has 1 aliphatic carbocycles. The first-order valence-electron chi connectivity index (χ1n) is 7.94. The second kappa shape index (κ2) is 7.79. The Kier molecular flexibility index (Phi) is 5.50. The fourth-order valence-corrected chi connectivity index (χ4v) is 3.58. The maximum atomic E-state index is 12.2. The van der Waals surface area contributed by atoms with Crippen LogP contribution < -0.4 is 5.32 Å². The van der Waals surface area contributed by atoms with Gasteiger partial charge in [0.1, 0.15) is 0 Å². The highest BCUT2D eigenvalue weighted by atomic mass is 127. The fraction of sp³-hybridized carbons (Fsp3) is 0.263. The maximum absolute atomic E-state index is 12.2. The molecule has 2 aromatic rings. The summed E-state index contributed by atoms with van der Waals surface area (Å²) in [6.07, 6.45) is 3.00. The predicted octanol–water partition coefficient (Wildman–Crippen LogP) is 3.64. The summed E-state index contributed by atoms with van der Waals surface area (Å²) in [5.74, 6) is -0.741. The van der Waals surface area contributed by atoms with Crippen LogP contribution in [0.25, 0.3) is 0 Å². The van der Waals surface area contributed by atoms with E-state index >= 15 is 0 Å². The molecule has 0 radical (unpaired) electrons. The number of rotatable bonds is 4. The zero-order chi connectivity index (χ0) is 16.9. The van der Waals surface area contributed by atoms with E-state index in [0.29, 0.717) is 5.56 Å². The van der Waals surface area contributed by atoms with Crippen molar-refractivity contribution in [1.82, 2.24) is 5.32 Å². The van der Waals surface area contributed by atoms with Crippen LogP contribution in [0, 0.1) is 3.57 Å². The topological polar surface area (TPSA) is 55.4 Å². The number of benzene rings is 2. The maximum Gasteiger partial charge on any atom is 0.339 e. The fourth-order valence-electron chi connectivity index (χ4n) is 2.98. The van der Waals surface area contributed by atoms with Crippen molar-refractivity contribution in [1.29, 1.82) is 0 Å². The normalized spacial score (nSPS) is 16.1. The summed E-state index contributed by atoms with van der Waals surface area (Å²) in [4.78, 5) is 24.2. The third kappa shape index (κ3) is 3.95. The lowest BCUT2D eigenvalue weighted by Crippen LogP contribution is -2.34. The highest BCUT2D eigenvalue weighted by Gasteiger charge is 2.22. The van der Waals surface area contributed by atoms with Gasteiger partial charge in [-0.2, -0.15) is 0 Å². The van der Waals surface area contributed by atoms with Gasteiger partial charge in [0.05, 0.1) is 11.6 Å². The Bertz CT molecular complexity index is 760. The number of carbonyl (C=O) groups excluding carboxylic acids is 2. The minimum Gasteiger partial charge on any atom is -0.452 e. The molecule has 0 aliphatic heterocycles. The van der Waals surface area contributed by atoms with Gasteiger partial charge < -0.3 is 10.1 Å². The highest BCUT2D eigenvalue weighted by molar-refractivity contribution is 14.1. The first-order chi connectivity index (χ1) is 11.6. The first kappa shape index (κ1) is 17.0. The average molecular weight is 435 g/mol. The van der Waals surface area contributed by atoms with Gasteiger partial charge in [-0.05, 0) is 65.1 Å². The van der Waals surface area contributed by atoms with Crippen LogP contribution in [-0.2, 0) is 16.0 Å². The lowest BCUT2D eigenvalue weighted by Gasteiger charge is -2.26. The van der Waals surface area contributed by atoms with E-state index in [9.17, 15) is 9.59 Å². The number of halogens is 1. The number of carbonyl (C=O) groups is 2. The molecule has 124 valence electrons. The second-order valence-electron chi connectivity index (χ2n) is 5.77. The zero-order valence-electron chi connectivity index (χ0n) is 13.1. The monoisotopic (exact) mass is 435 g/mol. The molecule has 3 rings (SSSR count). The van der Waals surface area contributed by atoms with E-state index in [1.807, 2.05) is 24.3 Å².